The number of aliphatic hydroxyl groups excluding tert-OH is 1. The van der Waals surface area contributed by atoms with Crippen molar-refractivity contribution in [2.45, 2.75) is 38.5 Å². The van der Waals surface area contributed by atoms with Gasteiger partial charge in [0.15, 0.2) is 0 Å². The molecule has 38 heavy (non-hydrogen) atoms. The van der Waals surface area contributed by atoms with Crippen LogP contribution in [0.4, 0.5) is 4.39 Å². The van der Waals surface area contributed by atoms with Crippen LogP contribution in [0, 0.1) is 17.7 Å². The van der Waals surface area contributed by atoms with Gasteiger partial charge >= 0.3 is 0 Å². The number of piperidine rings is 1. The van der Waals surface area contributed by atoms with Gasteiger partial charge in [0.25, 0.3) is 0 Å². The first-order valence-corrected chi connectivity index (χ1v) is 13.5. The van der Waals surface area contributed by atoms with Crippen molar-refractivity contribution in [2.24, 2.45) is 11.8 Å². The van der Waals surface area contributed by atoms with Gasteiger partial charge in [0, 0.05) is 51.3 Å². The SMILES string of the molecule is O=C(C[C@@H]1CCN2C[C@@H]1/C=C/COc1ccccc1CN(Cc1ccc(F)cc1)CC2=O)N1CC[C@@H](O)C1. The molecule has 3 atom stereocenters. The second-order valence-electron chi connectivity index (χ2n) is 10.7. The standard InChI is InChI=1S/C30H36FN3O4/c31-26-9-7-22(8-10-26)17-32-18-25-4-1-2-6-28(25)38-15-3-5-24-19-33(30(37)21-32)13-11-23(24)16-29(36)34-14-12-27(35)20-34/h1-10,23-24,27,35H,11-21H2/b5-3+/t23-,24-,27+/m0/s1. The van der Waals surface area contributed by atoms with Crippen molar-refractivity contribution in [2.75, 3.05) is 39.3 Å². The third kappa shape index (κ3) is 6.60. The van der Waals surface area contributed by atoms with Crippen LogP contribution in [0.15, 0.2) is 60.7 Å². The van der Waals surface area contributed by atoms with Crippen molar-refractivity contribution in [3.05, 3.63) is 77.6 Å². The fourth-order valence-corrected chi connectivity index (χ4v) is 5.74. The summed E-state index contributed by atoms with van der Waals surface area (Å²) in [7, 11) is 0. The topological polar surface area (TPSA) is 73.3 Å². The van der Waals surface area contributed by atoms with Gasteiger partial charge in [-0.15, -0.1) is 0 Å². The number of carbonyl (C=O) groups is 2. The molecule has 3 heterocycles. The first-order chi connectivity index (χ1) is 18.4. The van der Waals surface area contributed by atoms with Crippen LogP contribution >= 0.6 is 0 Å². The smallest absolute Gasteiger partial charge is 0.236 e. The number of likely N-dealkylation sites (tertiary alicyclic amines) is 1. The molecule has 2 amide bonds. The Morgan fingerprint density at radius 3 is 2.63 bits per heavy atom. The lowest BCUT2D eigenvalue weighted by Crippen LogP contribution is -2.47. The van der Waals surface area contributed by atoms with E-state index in [9.17, 15) is 19.1 Å². The summed E-state index contributed by atoms with van der Waals surface area (Å²) in [5.74, 6) is 0.807. The number of fused-ring (bicyclic) bond motifs is 3. The molecule has 2 bridgehead atoms. The monoisotopic (exact) mass is 521 g/mol. The number of hydrogen-bond donors (Lipinski definition) is 1. The van der Waals surface area contributed by atoms with Crippen LogP contribution in [0.3, 0.4) is 0 Å². The van der Waals surface area contributed by atoms with Crippen molar-refractivity contribution < 1.29 is 23.8 Å². The molecular weight excluding hydrogens is 485 g/mol. The van der Waals surface area contributed by atoms with E-state index in [1.165, 1.54) is 12.1 Å². The number of rotatable bonds is 4. The maximum absolute atomic E-state index is 13.5. The van der Waals surface area contributed by atoms with Gasteiger partial charge in [-0.25, -0.2) is 4.39 Å². The molecule has 8 heteroatoms. The third-order valence-corrected chi connectivity index (χ3v) is 7.88. The number of halogens is 1. The highest BCUT2D eigenvalue weighted by molar-refractivity contribution is 5.79. The lowest BCUT2D eigenvalue weighted by atomic mass is 9.82. The largest absolute Gasteiger partial charge is 0.489 e. The van der Waals surface area contributed by atoms with Crippen molar-refractivity contribution in [1.29, 1.82) is 0 Å². The number of amides is 2. The normalized spacial score (nSPS) is 25.5. The van der Waals surface area contributed by atoms with E-state index in [0.717, 1.165) is 23.3 Å². The molecule has 2 aromatic carbocycles. The minimum absolute atomic E-state index is 0.0503. The number of para-hydroxylation sites is 1. The van der Waals surface area contributed by atoms with E-state index in [4.69, 9.17) is 4.74 Å². The van der Waals surface area contributed by atoms with Crippen LogP contribution in [-0.2, 0) is 22.7 Å². The van der Waals surface area contributed by atoms with Gasteiger partial charge in [0.05, 0.1) is 12.6 Å². The fraction of sp³-hybridized carbons (Fsp3) is 0.467. The summed E-state index contributed by atoms with van der Waals surface area (Å²) in [4.78, 5) is 32.2. The molecule has 3 aliphatic heterocycles. The molecule has 7 nitrogen and oxygen atoms in total. The Balaban J connectivity index is 1.34. The quantitative estimate of drug-likeness (QED) is 0.626. The zero-order chi connectivity index (χ0) is 26.5. The lowest BCUT2D eigenvalue weighted by Gasteiger charge is -2.38. The fourth-order valence-electron chi connectivity index (χ4n) is 5.74. The van der Waals surface area contributed by atoms with E-state index in [2.05, 4.69) is 11.0 Å². The second-order valence-corrected chi connectivity index (χ2v) is 10.7. The van der Waals surface area contributed by atoms with Crippen LogP contribution in [0.2, 0.25) is 0 Å². The summed E-state index contributed by atoms with van der Waals surface area (Å²) in [6.45, 7) is 3.86. The maximum atomic E-state index is 13.5. The minimum Gasteiger partial charge on any atom is -0.489 e. The number of aliphatic hydroxyl groups is 1. The van der Waals surface area contributed by atoms with Gasteiger partial charge in [-0.3, -0.25) is 14.5 Å². The third-order valence-electron chi connectivity index (χ3n) is 7.88. The molecule has 3 aliphatic rings. The van der Waals surface area contributed by atoms with Crippen LogP contribution in [-0.4, -0.2) is 77.1 Å². The molecule has 202 valence electrons. The first-order valence-electron chi connectivity index (χ1n) is 13.5. The van der Waals surface area contributed by atoms with E-state index < -0.39 is 6.10 Å². The Bertz CT molecular complexity index is 1150. The van der Waals surface area contributed by atoms with Crippen molar-refractivity contribution >= 4 is 11.8 Å². The number of hydrogen-bond acceptors (Lipinski definition) is 5. The maximum Gasteiger partial charge on any atom is 0.236 e. The molecule has 5 rings (SSSR count). The van der Waals surface area contributed by atoms with Crippen LogP contribution in [0.25, 0.3) is 0 Å². The Kier molecular flexibility index (Phi) is 8.39. The first kappa shape index (κ1) is 26.4. The van der Waals surface area contributed by atoms with Crippen molar-refractivity contribution in [3.63, 3.8) is 0 Å². The average molecular weight is 522 g/mol. The van der Waals surface area contributed by atoms with Gasteiger partial charge in [-0.05, 0) is 48.4 Å². The number of β-amino-alcohol motifs (C(OH)–C–C–N with tert-alkyl or cyclic N) is 1. The van der Waals surface area contributed by atoms with Crippen molar-refractivity contribution in [1.82, 2.24) is 14.7 Å². The molecular formula is C30H36FN3O4. The minimum atomic E-state index is -0.429. The Hall–Kier alpha value is -3.23. The zero-order valence-corrected chi connectivity index (χ0v) is 21.7. The highest BCUT2D eigenvalue weighted by Crippen LogP contribution is 2.30. The molecule has 0 radical (unpaired) electrons. The van der Waals surface area contributed by atoms with E-state index in [0.29, 0.717) is 58.7 Å². The van der Waals surface area contributed by atoms with Gasteiger partial charge in [0.2, 0.25) is 11.8 Å². The summed E-state index contributed by atoms with van der Waals surface area (Å²) >= 11 is 0. The van der Waals surface area contributed by atoms with Gasteiger partial charge in [-0.1, -0.05) is 42.5 Å². The van der Waals surface area contributed by atoms with E-state index >= 15 is 0 Å². The van der Waals surface area contributed by atoms with E-state index in [1.807, 2.05) is 35.2 Å². The summed E-state index contributed by atoms with van der Waals surface area (Å²) in [5, 5.41) is 9.84. The van der Waals surface area contributed by atoms with Crippen LogP contribution in [0.5, 0.6) is 5.75 Å². The lowest BCUT2D eigenvalue weighted by molar-refractivity contribution is -0.136. The number of benzene rings is 2. The Morgan fingerprint density at radius 1 is 1.03 bits per heavy atom. The number of nitrogens with zero attached hydrogens (tertiary/aromatic N) is 3. The predicted molar refractivity (Wildman–Crippen MR) is 142 cm³/mol. The van der Waals surface area contributed by atoms with Crippen LogP contribution in [0.1, 0.15) is 30.4 Å². The van der Waals surface area contributed by atoms with Gasteiger partial charge < -0.3 is 19.6 Å². The molecule has 0 saturated carbocycles. The highest BCUT2D eigenvalue weighted by Gasteiger charge is 2.34. The second kappa shape index (κ2) is 12.1. The summed E-state index contributed by atoms with van der Waals surface area (Å²) in [6, 6.07) is 14.2. The molecule has 0 aromatic heterocycles. The summed E-state index contributed by atoms with van der Waals surface area (Å²) in [5.41, 5.74) is 1.93. The molecule has 2 aromatic rings. The molecule has 2 saturated heterocycles. The molecule has 0 aliphatic carbocycles. The Morgan fingerprint density at radius 2 is 1.84 bits per heavy atom. The van der Waals surface area contributed by atoms with Gasteiger partial charge in [-0.2, -0.15) is 0 Å². The molecule has 0 unspecified atom stereocenters. The highest BCUT2D eigenvalue weighted by atomic mass is 19.1. The zero-order valence-electron chi connectivity index (χ0n) is 21.7. The predicted octanol–water partition coefficient (Wildman–Crippen LogP) is 3.22. The summed E-state index contributed by atoms with van der Waals surface area (Å²) in [6.07, 6.45) is 5.48. The van der Waals surface area contributed by atoms with Gasteiger partial charge in [0.1, 0.15) is 18.2 Å². The molecule has 1 N–H and O–H groups in total. The van der Waals surface area contributed by atoms with Crippen molar-refractivity contribution in [3.8, 4) is 5.75 Å². The molecule has 2 fully saturated rings. The number of ether oxygens (including phenoxy) is 1. The Labute approximate surface area is 223 Å². The molecule has 0 spiro atoms. The van der Waals surface area contributed by atoms with E-state index in [1.54, 1.807) is 17.0 Å². The average Bonchev–Trinajstić information content (AvgIpc) is 3.35. The summed E-state index contributed by atoms with van der Waals surface area (Å²) < 4.78 is 19.6. The van der Waals surface area contributed by atoms with Crippen LogP contribution < -0.4 is 4.74 Å². The van der Waals surface area contributed by atoms with E-state index in [-0.39, 0.29) is 36.0 Å². The number of carbonyl (C=O) groups excluding carboxylic acids is 2.